The maximum Gasteiger partial charge on any atom is 0.171 e. The summed E-state index contributed by atoms with van der Waals surface area (Å²) in [5.41, 5.74) is 0. The fourth-order valence-electron chi connectivity index (χ4n) is 0.896. The third kappa shape index (κ3) is 3.02. The predicted octanol–water partition coefficient (Wildman–Crippen LogP) is 1.12. The number of hydrogen-bond donors (Lipinski definition) is 2. The molecule has 0 saturated carbocycles. The number of hydrogen-bond acceptors (Lipinski definition) is 2. The molecule has 5 heteroatoms. The minimum atomic E-state index is 0.644. The van der Waals surface area contributed by atoms with Crippen LogP contribution in [0.4, 0.5) is 5.82 Å². The zero-order valence-corrected chi connectivity index (χ0v) is 8.69. The summed E-state index contributed by atoms with van der Waals surface area (Å²) in [4.78, 5) is 0. The molecule has 72 valence electrons. The molecule has 1 heterocycles. The van der Waals surface area contributed by atoms with Crippen molar-refractivity contribution in [1.82, 2.24) is 15.1 Å². The predicted molar refractivity (Wildman–Crippen MR) is 57.7 cm³/mol. The number of thiocarbonyl (C=S) groups is 1. The van der Waals surface area contributed by atoms with Crippen LogP contribution in [0.15, 0.2) is 12.3 Å². The van der Waals surface area contributed by atoms with Crippen LogP contribution in [-0.4, -0.2) is 21.4 Å². The van der Waals surface area contributed by atoms with Crippen molar-refractivity contribution in [1.29, 1.82) is 0 Å². The number of nitrogens with zero attached hydrogens (tertiary/aromatic N) is 2. The molecule has 0 radical (unpaired) electrons. The molecule has 0 amide bonds. The minimum absolute atomic E-state index is 0.644. The van der Waals surface area contributed by atoms with Crippen molar-refractivity contribution in [2.45, 2.75) is 13.3 Å². The van der Waals surface area contributed by atoms with Crippen molar-refractivity contribution >= 4 is 23.1 Å². The molecule has 1 rings (SSSR count). The highest BCUT2D eigenvalue weighted by atomic mass is 32.1. The number of aromatic nitrogens is 2. The topological polar surface area (TPSA) is 41.9 Å². The number of aryl methyl sites for hydroxylation is 1. The standard InChI is InChI=1S/C8H14N4S/c1-3-5-9-8(13)11-7-4-6-10-12(7)2/h4,6H,3,5H2,1-2H3,(H2,9,11,13). The van der Waals surface area contributed by atoms with Crippen LogP contribution in [0.1, 0.15) is 13.3 Å². The van der Waals surface area contributed by atoms with E-state index in [4.69, 9.17) is 12.2 Å². The van der Waals surface area contributed by atoms with Gasteiger partial charge in [0.25, 0.3) is 0 Å². The second-order valence-corrected chi connectivity index (χ2v) is 3.13. The fraction of sp³-hybridized carbons (Fsp3) is 0.500. The lowest BCUT2D eigenvalue weighted by Gasteiger charge is -2.08. The molecule has 0 aromatic carbocycles. The van der Waals surface area contributed by atoms with Gasteiger partial charge in [-0.2, -0.15) is 5.10 Å². The first-order chi connectivity index (χ1) is 6.24. The van der Waals surface area contributed by atoms with Crippen LogP contribution < -0.4 is 10.6 Å². The molecular weight excluding hydrogens is 184 g/mol. The van der Waals surface area contributed by atoms with Gasteiger partial charge in [0.15, 0.2) is 5.11 Å². The molecule has 0 aliphatic rings. The Morgan fingerprint density at radius 2 is 2.46 bits per heavy atom. The third-order valence-corrected chi connectivity index (χ3v) is 1.84. The van der Waals surface area contributed by atoms with Gasteiger partial charge in [0.1, 0.15) is 5.82 Å². The summed E-state index contributed by atoms with van der Waals surface area (Å²) >= 11 is 5.06. The third-order valence-electron chi connectivity index (χ3n) is 1.60. The Morgan fingerprint density at radius 1 is 1.69 bits per heavy atom. The summed E-state index contributed by atoms with van der Waals surface area (Å²) in [6, 6.07) is 1.87. The maximum atomic E-state index is 5.06. The number of anilines is 1. The molecular formula is C8H14N4S. The molecule has 0 aliphatic heterocycles. The van der Waals surface area contributed by atoms with E-state index in [0.717, 1.165) is 18.8 Å². The summed E-state index contributed by atoms with van der Waals surface area (Å²) in [7, 11) is 1.87. The van der Waals surface area contributed by atoms with E-state index < -0.39 is 0 Å². The molecule has 0 unspecified atom stereocenters. The highest BCUT2D eigenvalue weighted by Crippen LogP contribution is 2.02. The van der Waals surface area contributed by atoms with Crippen molar-refractivity contribution in [2.24, 2.45) is 7.05 Å². The van der Waals surface area contributed by atoms with Crippen LogP contribution in [0.2, 0.25) is 0 Å². The lowest BCUT2D eigenvalue weighted by molar-refractivity contribution is 0.775. The Bertz CT molecular complexity index is 281. The number of nitrogens with one attached hydrogen (secondary N) is 2. The molecule has 13 heavy (non-hydrogen) atoms. The minimum Gasteiger partial charge on any atom is -0.362 e. The van der Waals surface area contributed by atoms with Gasteiger partial charge in [-0.25, -0.2) is 0 Å². The number of rotatable bonds is 3. The molecule has 2 N–H and O–H groups in total. The molecule has 1 aromatic rings. The molecule has 0 atom stereocenters. The Morgan fingerprint density at radius 3 is 3.00 bits per heavy atom. The van der Waals surface area contributed by atoms with Gasteiger partial charge >= 0.3 is 0 Å². The summed E-state index contributed by atoms with van der Waals surface area (Å²) in [6.45, 7) is 2.99. The molecule has 4 nitrogen and oxygen atoms in total. The van der Waals surface area contributed by atoms with Gasteiger partial charge in [-0.1, -0.05) is 6.92 Å². The Kier molecular flexibility index (Phi) is 3.70. The quantitative estimate of drug-likeness (QED) is 0.714. The molecule has 0 aliphatic carbocycles. The van der Waals surface area contributed by atoms with E-state index in [-0.39, 0.29) is 0 Å². The summed E-state index contributed by atoms with van der Waals surface area (Å²) < 4.78 is 1.74. The van der Waals surface area contributed by atoms with E-state index >= 15 is 0 Å². The molecule has 1 aromatic heterocycles. The first-order valence-corrected chi connectivity index (χ1v) is 4.67. The molecule has 0 spiro atoms. The maximum absolute atomic E-state index is 5.06. The van der Waals surface area contributed by atoms with Crippen molar-refractivity contribution in [3.05, 3.63) is 12.3 Å². The fourth-order valence-corrected chi connectivity index (χ4v) is 1.10. The molecule has 0 bridgehead atoms. The van der Waals surface area contributed by atoms with Gasteiger partial charge in [-0.15, -0.1) is 0 Å². The highest BCUT2D eigenvalue weighted by Gasteiger charge is 1.99. The van der Waals surface area contributed by atoms with Gasteiger partial charge in [0.05, 0.1) is 6.20 Å². The van der Waals surface area contributed by atoms with Crippen molar-refractivity contribution in [3.8, 4) is 0 Å². The summed E-state index contributed by atoms with van der Waals surface area (Å²) in [5, 5.41) is 10.8. The Hall–Kier alpha value is -1.10. The lowest BCUT2D eigenvalue weighted by atomic mass is 10.5. The monoisotopic (exact) mass is 198 g/mol. The van der Waals surface area contributed by atoms with Crippen LogP contribution >= 0.6 is 12.2 Å². The van der Waals surface area contributed by atoms with Gasteiger partial charge in [0, 0.05) is 19.7 Å². The lowest BCUT2D eigenvalue weighted by Crippen LogP contribution is -2.29. The second-order valence-electron chi connectivity index (χ2n) is 2.72. The normalized spacial score (nSPS) is 9.69. The van der Waals surface area contributed by atoms with Crippen molar-refractivity contribution < 1.29 is 0 Å². The van der Waals surface area contributed by atoms with Gasteiger partial charge in [-0.05, 0) is 18.6 Å². The Labute approximate surface area is 83.3 Å². The van der Waals surface area contributed by atoms with Crippen LogP contribution in [-0.2, 0) is 7.05 Å². The first-order valence-electron chi connectivity index (χ1n) is 4.27. The van der Waals surface area contributed by atoms with Gasteiger partial charge in [-0.3, -0.25) is 4.68 Å². The largest absolute Gasteiger partial charge is 0.362 e. The highest BCUT2D eigenvalue weighted by molar-refractivity contribution is 7.80. The van der Waals surface area contributed by atoms with Gasteiger partial charge in [0.2, 0.25) is 0 Å². The van der Waals surface area contributed by atoms with Crippen molar-refractivity contribution in [3.63, 3.8) is 0 Å². The smallest absolute Gasteiger partial charge is 0.171 e. The average Bonchev–Trinajstić information content (AvgIpc) is 2.48. The van der Waals surface area contributed by atoms with Crippen LogP contribution in [0, 0.1) is 0 Å². The average molecular weight is 198 g/mol. The van der Waals surface area contributed by atoms with E-state index in [2.05, 4.69) is 22.7 Å². The first kappa shape index (κ1) is 9.98. The molecule has 0 fully saturated rings. The SMILES string of the molecule is CCCNC(=S)Nc1ccnn1C. The zero-order valence-electron chi connectivity index (χ0n) is 7.87. The Balaban J connectivity index is 2.41. The van der Waals surface area contributed by atoms with Crippen LogP contribution in [0.5, 0.6) is 0 Å². The van der Waals surface area contributed by atoms with E-state index in [1.807, 2.05) is 13.1 Å². The van der Waals surface area contributed by atoms with Crippen molar-refractivity contribution in [2.75, 3.05) is 11.9 Å². The van der Waals surface area contributed by atoms with E-state index in [1.165, 1.54) is 0 Å². The zero-order chi connectivity index (χ0) is 9.68. The van der Waals surface area contributed by atoms with Crippen LogP contribution in [0.25, 0.3) is 0 Å². The molecule has 0 saturated heterocycles. The second kappa shape index (κ2) is 4.81. The van der Waals surface area contributed by atoms with E-state index in [9.17, 15) is 0 Å². The summed E-state index contributed by atoms with van der Waals surface area (Å²) in [6.07, 6.45) is 2.79. The van der Waals surface area contributed by atoms with E-state index in [1.54, 1.807) is 10.9 Å². The van der Waals surface area contributed by atoms with Crippen LogP contribution in [0.3, 0.4) is 0 Å². The van der Waals surface area contributed by atoms with E-state index in [0.29, 0.717) is 5.11 Å². The summed E-state index contributed by atoms with van der Waals surface area (Å²) in [5.74, 6) is 0.897. The van der Waals surface area contributed by atoms with Gasteiger partial charge < -0.3 is 10.6 Å².